The van der Waals surface area contributed by atoms with Gasteiger partial charge >= 0.3 is 0 Å². The predicted octanol–water partition coefficient (Wildman–Crippen LogP) is 2.62. The second kappa shape index (κ2) is 7.46. The number of carbonyl (C=O) groups excluding carboxylic acids is 1. The number of likely N-dealkylation sites (tertiary alicyclic amines) is 1. The molecule has 1 atom stereocenters. The summed E-state index contributed by atoms with van der Waals surface area (Å²) in [7, 11) is 0. The van der Waals surface area contributed by atoms with Crippen molar-refractivity contribution < 1.29 is 4.79 Å². The topological polar surface area (TPSA) is 92.6 Å². The Morgan fingerprint density at radius 3 is 2.93 bits per heavy atom. The zero-order valence-corrected chi connectivity index (χ0v) is 15.9. The fraction of sp³-hybridized carbons (Fsp3) is 0.286. The quantitative estimate of drug-likeness (QED) is 0.581. The van der Waals surface area contributed by atoms with Crippen LogP contribution >= 0.6 is 0 Å². The molecule has 0 radical (unpaired) electrons. The van der Waals surface area contributed by atoms with Crippen molar-refractivity contribution in [1.29, 1.82) is 0 Å². The third-order valence-electron chi connectivity index (χ3n) is 5.44. The molecule has 1 saturated heterocycles. The number of amides is 1. The smallest absolute Gasteiger partial charge is 0.253 e. The molecule has 1 N–H and O–H groups in total. The van der Waals surface area contributed by atoms with Crippen LogP contribution in [-0.4, -0.2) is 53.8 Å². The highest BCUT2D eigenvalue weighted by molar-refractivity contribution is 5.97. The molecule has 3 aromatic heterocycles. The Bertz CT molecular complexity index is 1130. The summed E-state index contributed by atoms with van der Waals surface area (Å²) < 4.78 is 2.14. The summed E-state index contributed by atoms with van der Waals surface area (Å²) in [6, 6.07) is 11.4. The molecule has 0 aliphatic carbocycles. The van der Waals surface area contributed by atoms with Crippen molar-refractivity contribution in [3.8, 4) is 0 Å². The summed E-state index contributed by atoms with van der Waals surface area (Å²) in [5, 5.41) is 10.7. The van der Waals surface area contributed by atoms with Gasteiger partial charge in [-0.1, -0.05) is 6.07 Å². The highest BCUT2D eigenvalue weighted by Gasteiger charge is 2.28. The Labute approximate surface area is 167 Å². The molecule has 4 aromatic rings. The molecule has 8 heteroatoms. The minimum absolute atomic E-state index is 0.0300. The molecule has 1 aliphatic heterocycles. The summed E-state index contributed by atoms with van der Waals surface area (Å²) in [4.78, 5) is 24.0. The lowest BCUT2D eigenvalue weighted by Crippen LogP contribution is -2.39. The van der Waals surface area contributed by atoms with E-state index in [-0.39, 0.29) is 11.8 Å². The second-order valence-corrected chi connectivity index (χ2v) is 7.35. The van der Waals surface area contributed by atoms with E-state index in [4.69, 9.17) is 0 Å². The number of imidazole rings is 1. The van der Waals surface area contributed by atoms with Gasteiger partial charge in [0.25, 0.3) is 5.91 Å². The van der Waals surface area contributed by atoms with Crippen LogP contribution in [0.4, 0.5) is 0 Å². The second-order valence-electron chi connectivity index (χ2n) is 7.35. The van der Waals surface area contributed by atoms with Gasteiger partial charge in [-0.25, -0.2) is 4.98 Å². The van der Waals surface area contributed by atoms with Crippen LogP contribution in [-0.2, 0) is 6.54 Å². The molecule has 0 bridgehead atoms. The first-order valence-electron chi connectivity index (χ1n) is 9.79. The van der Waals surface area contributed by atoms with Crippen LogP contribution in [0.2, 0.25) is 0 Å². The Morgan fingerprint density at radius 1 is 1.10 bits per heavy atom. The minimum Gasteiger partial charge on any atom is -0.338 e. The molecule has 0 spiro atoms. The zero-order valence-electron chi connectivity index (χ0n) is 15.9. The van der Waals surface area contributed by atoms with Crippen LogP contribution in [0.3, 0.4) is 0 Å². The molecule has 1 amide bonds. The standard InChI is InChI=1S/C21H21N7O/c29-21(15-6-7-18-19(12-15)25-26-24-18)28-10-3-4-16(13-28)20-23-9-11-27(20)14-17-5-1-2-8-22-17/h1-2,5-9,11-12,16H,3-4,10,13-14H2,(H,24,25,26)/t16-/m1/s1. The summed E-state index contributed by atoms with van der Waals surface area (Å²) in [6.07, 6.45) is 7.60. The molecular weight excluding hydrogens is 366 g/mol. The number of rotatable bonds is 4. The maximum Gasteiger partial charge on any atom is 0.253 e. The van der Waals surface area contributed by atoms with Gasteiger partial charge in [0.05, 0.1) is 12.2 Å². The van der Waals surface area contributed by atoms with Crippen molar-refractivity contribution in [3.63, 3.8) is 0 Å². The molecule has 4 heterocycles. The van der Waals surface area contributed by atoms with E-state index < -0.39 is 0 Å². The number of nitrogens with zero attached hydrogens (tertiary/aromatic N) is 6. The molecule has 1 fully saturated rings. The molecule has 146 valence electrons. The summed E-state index contributed by atoms with van der Waals surface area (Å²) in [5.74, 6) is 1.25. The Balaban J connectivity index is 1.34. The van der Waals surface area contributed by atoms with Gasteiger partial charge in [0.1, 0.15) is 16.9 Å². The molecule has 5 rings (SSSR count). The van der Waals surface area contributed by atoms with Crippen LogP contribution in [0.1, 0.15) is 40.6 Å². The Morgan fingerprint density at radius 2 is 2.03 bits per heavy atom. The lowest BCUT2D eigenvalue weighted by atomic mass is 9.96. The number of fused-ring (bicyclic) bond motifs is 1. The van der Waals surface area contributed by atoms with E-state index in [0.29, 0.717) is 24.2 Å². The highest BCUT2D eigenvalue weighted by Crippen LogP contribution is 2.27. The van der Waals surface area contributed by atoms with Crippen LogP contribution in [0.25, 0.3) is 11.0 Å². The first kappa shape index (κ1) is 17.5. The van der Waals surface area contributed by atoms with Crippen molar-refractivity contribution in [2.45, 2.75) is 25.3 Å². The zero-order chi connectivity index (χ0) is 19.6. The maximum atomic E-state index is 13.1. The van der Waals surface area contributed by atoms with E-state index in [1.807, 2.05) is 47.6 Å². The molecule has 1 aliphatic rings. The number of H-pyrrole nitrogens is 1. The van der Waals surface area contributed by atoms with E-state index in [1.54, 1.807) is 12.3 Å². The van der Waals surface area contributed by atoms with Gasteiger partial charge in [-0.05, 0) is 43.2 Å². The average molecular weight is 387 g/mol. The largest absolute Gasteiger partial charge is 0.338 e. The van der Waals surface area contributed by atoms with E-state index >= 15 is 0 Å². The first-order valence-corrected chi connectivity index (χ1v) is 9.79. The number of hydrogen-bond acceptors (Lipinski definition) is 5. The van der Waals surface area contributed by atoms with Crippen molar-refractivity contribution in [3.05, 3.63) is 72.1 Å². The average Bonchev–Trinajstić information content (AvgIpc) is 3.43. The lowest BCUT2D eigenvalue weighted by molar-refractivity contribution is 0.0703. The van der Waals surface area contributed by atoms with Crippen LogP contribution in [0, 0.1) is 0 Å². The third-order valence-corrected chi connectivity index (χ3v) is 5.44. The van der Waals surface area contributed by atoms with E-state index in [9.17, 15) is 4.79 Å². The molecule has 0 saturated carbocycles. The number of hydrogen-bond donors (Lipinski definition) is 1. The van der Waals surface area contributed by atoms with Gasteiger partial charge in [-0.3, -0.25) is 9.78 Å². The number of carbonyl (C=O) groups is 1. The fourth-order valence-corrected chi connectivity index (χ4v) is 4.01. The van der Waals surface area contributed by atoms with Gasteiger partial charge in [0.15, 0.2) is 0 Å². The highest BCUT2D eigenvalue weighted by atomic mass is 16.2. The predicted molar refractivity (Wildman–Crippen MR) is 107 cm³/mol. The normalized spacial score (nSPS) is 17.0. The van der Waals surface area contributed by atoms with Gasteiger partial charge in [-0.2, -0.15) is 15.4 Å². The number of piperidine rings is 1. The summed E-state index contributed by atoms with van der Waals surface area (Å²) in [5.41, 5.74) is 3.10. The molecule has 8 nitrogen and oxygen atoms in total. The Kier molecular flexibility index (Phi) is 4.51. The Hall–Kier alpha value is -3.55. The molecule has 29 heavy (non-hydrogen) atoms. The monoisotopic (exact) mass is 387 g/mol. The molecular formula is C21H21N7O. The van der Waals surface area contributed by atoms with Crippen molar-refractivity contribution in [1.82, 2.24) is 34.8 Å². The van der Waals surface area contributed by atoms with E-state index in [2.05, 4.69) is 29.9 Å². The van der Waals surface area contributed by atoms with Crippen LogP contribution in [0.15, 0.2) is 55.0 Å². The number of nitrogens with one attached hydrogen (secondary N) is 1. The van der Waals surface area contributed by atoms with Gasteiger partial charge in [0, 0.05) is 43.2 Å². The summed E-state index contributed by atoms with van der Waals surface area (Å²) >= 11 is 0. The van der Waals surface area contributed by atoms with Gasteiger partial charge in [-0.15, -0.1) is 0 Å². The minimum atomic E-state index is 0.0300. The van der Waals surface area contributed by atoms with Crippen LogP contribution < -0.4 is 0 Å². The van der Waals surface area contributed by atoms with Gasteiger partial charge in [0.2, 0.25) is 0 Å². The number of aromatic amines is 1. The number of pyridine rings is 1. The fourth-order valence-electron chi connectivity index (χ4n) is 4.01. The van der Waals surface area contributed by atoms with E-state index in [1.165, 1.54) is 0 Å². The van der Waals surface area contributed by atoms with Gasteiger partial charge < -0.3 is 9.47 Å². The van der Waals surface area contributed by atoms with Crippen LogP contribution in [0.5, 0.6) is 0 Å². The maximum absolute atomic E-state index is 13.1. The van der Waals surface area contributed by atoms with Crippen molar-refractivity contribution in [2.24, 2.45) is 0 Å². The van der Waals surface area contributed by atoms with Crippen molar-refractivity contribution in [2.75, 3.05) is 13.1 Å². The number of aromatic nitrogens is 6. The molecule has 0 unspecified atom stereocenters. The van der Waals surface area contributed by atoms with E-state index in [0.717, 1.165) is 36.4 Å². The molecule has 1 aromatic carbocycles. The SMILES string of the molecule is O=C(c1ccc2n[nH]nc2c1)N1CCC[C@@H](c2nccn2Cc2ccccn2)C1. The van der Waals surface area contributed by atoms with Crippen molar-refractivity contribution >= 4 is 16.9 Å². The first-order chi connectivity index (χ1) is 14.3. The third kappa shape index (κ3) is 3.49. The summed E-state index contributed by atoms with van der Waals surface area (Å²) in [6.45, 7) is 2.10. The number of benzene rings is 1. The lowest BCUT2D eigenvalue weighted by Gasteiger charge is -2.32.